The Morgan fingerprint density at radius 2 is 1.69 bits per heavy atom. The van der Waals surface area contributed by atoms with Crippen molar-refractivity contribution in [2.45, 2.75) is 19.6 Å². The molecule has 0 fully saturated rings. The van der Waals surface area contributed by atoms with E-state index in [4.69, 9.17) is 15.2 Å². The van der Waals surface area contributed by atoms with E-state index in [-0.39, 0.29) is 37.3 Å². The fourth-order valence-electron chi connectivity index (χ4n) is 3.34. The van der Waals surface area contributed by atoms with Crippen LogP contribution in [0, 0.1) is 5.82 Å². The molecule has 3 aromatic carbocycles. The largest absolute Gasteiger partial charge is 0.493 e. The van der Waals surface area contributed by atoms with Crippen LogP contribution in [0.15, 0.2) is 72.8 Å². The minimum atomic E-state index is -0.352. The lowest BCUT2D eigenvalue weighted by molar-refractivity contribution is -0.119. The fraction of sp³-hybridized carbons (Fsp3) is 0.240. The van der Waals surface area contributed by atoms with Gasteiger partial charge in [0, 0.05) is 13.1 Å². The van der Waals surface area contributed by atoms with Crippen molar-refractivity contribution in [2.75, 3.05) is 20.2 Å². The summed E-state index contributed by atoms with van der Waals surface area (Å²) in [6.07, 6.45) is 0.723. The number of benzene rings is 3. The van der Waals surface area contributed by atoms with Crippen LogP contribution in [0.25, 0.3) is 0 Å². The van der Waals surface area contributed by atoms with E-state index in [1.807, 2.05) is 59.5 Å². The number of hydrogen-bond acceptors (Lipinski definition) is 4. The summed E-state index contributed by atoms with van der Waals surface area (Å²) in [7, 11) is 1.59. The number of nitrogens with zero attached hydrogens (tertiary/aromatic N) is 1. The number of rotatable bonds is 11. The first-order chi connectivity index (χ1) is 15.0. The maximum Gasteiger partial charge on any atom is 0.231 e. The molecule has 0 aromatic heterocycles. The lowest BCUT2D eigenvalue weighted by Crippen LogP contribution is -2.34. The molecular weight excluding hydrogens is 431 g/mol. The fourth-order valence-corrected chi connectivity index (χ4v) is 3.34. The van der Waals surface area contributed by atoms with E-state index in [0.717, 1.165) is 23.1 Å². The summed E-state index contributed by atoms with van der Waals surface area (Å²) < 4.78 is 24.6. The molecule has 0 bridgehead atoms. The van der Waals surface area contributed by atoms with Crippen LogP contribution in [-0.4, -0.2) is 31.0 Å². The predicted octanol–water partition coefficient (Wildman–Crippen LogP) is 4.37. The minimum absolute atomic E-state index is 0. The average molecular weight is 459 g/mol. The van der Waals surface area contributed by atoms with Crippen molar-refractivity contribution in [1.82, 2.24) is 4.90 Å². The minimum Gasteiger partial charge on any atom is -0.493 e. The highest BCUT2D eigenvalue weighted by atomic mass is 35.5. The highest BCUT2D eigenvalue weighted by Gasteiger charge is 2.11. The molecule has 0 unspecified atom stereocenters. The molecule has 3 aromatic rings. The number of nitrogens with two attached hydrogens (primary N) is 1. The third-order valence-corrected chi connectivity index (χ3v) is 4.86. The molecule has 170 valence electrons. The van der Waals surface area contributed by atoms with Gasteiger partial charge in [-0.25, -0.2) is 4.39 Å². The van der Waals surface area contributed by atoms with Crippen LogP contribution in [-0.2, 0) is 24.4 Å². The third-order valence-electron chi connectivity index (χ3n) is 4.86. The Morgan fingerprint density at radius 3 is 2.38 bits per heavy atom. The quantitative estimate of drug-likeness (QED) is 0.463. The molecule has 5 nitrogen and oxygen atoms in total. The van der Waals surface area contributed by atoms with E-state index in [1.54, 1.807) is 13.2 Å². The molecule has 0 atom stereocenters. The number of halogens is 2. The van der Waals surface area contributed by atoms with Crippen LogP contribution < -0.4 is 15.2 Å². The monoisotopic (exact) mass is 458 g/mol. The van der Waals surface area contributed by atoms with Gasteiger partial charge in [-0.05, 0) is 47.4 Å². The van der Waals surface area contributed by atoms with Crippen LogP contribution in [0.1, 0.15) is 16.7 Å². The second kappa shape index (κ2) is 12.7. The molecular formula is C25H28ClFN2O3. The van der Waals surface area contributed by atoms with Crippen molar-refractivity contribution in [3.8, 4) is 11.5 Å². The lowest BCUT2D eigenvalue weighted by Gasteiger charge is -2.21. The lowest BCUT2D eigenvalue weighted by atomic mass is 10.1. The average Bonchev–Trinajstić information content (AvgIpc) is 2.76. The summed E-state index contributed by atoms with van der Waals surface area (Å²) in [6.45, 7) is 1.76. The van der Waals surface area contributed by atoms with Gasteiger partial charge in [-0.1, -0.05) is 48.5 Å². The summed E-state index contributed by atoms with van der Waals surface area (Å²) in [5, 5.41) is 0. The number of carbonyl (C=O) groups is 1. The number of carbonyl (C=O) groups excluding carboxylic acids is 1. The number of primary amides is 1. The molecule has 0 aliphatic heterocycles. The molecule has 0 spiro atoms. The third kappa shape index (κ3) is 7.87. The van der Waals surface area contributed by atoms with Gasteiger partial charge in [0.05, 0.1) is 13.7 Å². The van der Waals surface area contributed by atoms with E-state index >= 15 is 0 Å². The Morgan fingerprint density at radius 1 is 0.938 bits per heavy atom. The SMILES string of the molecule is COc1cc(CCN(CC(N)=O)Cc2ccccc2)ccc1OCc1cccc(F)c1.Cl. The number of hydrogen-bond donors (Lipinski definition) is 1. The number of amides is 1. The zero-order valence-corrected chi connectivity index (χ0v) is 18.8. The molecule has 32 heavy (non-hydrogen) atoms. The van der Waals surface area contributed by atoms with Crippen LogP contribution in [0.5, 0.6) is 11.5 Å². The first kappa shape index (κ1) is 25.2. The first-order valence-corrected chi connectivity index (χ1v) is 10.1. The summed E-state index contributed by atoms with van der Waals surface area (Å²) in [6, 6.07) is 22.0. The predicted molar refractivity (Wildman–Crippen MR) is 126 cm³/mol. The van der Waals surface area contributed by atoms with Gasteiger partial charge < -0.3 is 15.2 Å². The highest BCUT2D eigenvalue weighted by Crippen LogP contribution is 2.29. The molecule has 7 heteroatoms. The van der Waals surface area contributed by atoms with Crippen LogP contribution in [0.3, 0.4) is 0 Å². The second-order valence-corrected chi connectivity index (χ2v) is 7.32. The van der Waals surface area contributed by atoms with Gasteiger partial charge in [-0.15, -0.1) is 12.4 Å². The molecule has 0 heterocycles. The molecule has 3 rings (SSSR count). The maximum atomic E-state index is 13.3. The van der Waals surface area contributed by atoms with Gasteiger partial charge in [0.15, 0.2) is 11.5 Å². The molecule has 0 radical (unpaired) electrons. The Bertz CT molecular complexity index is 1000. The van der Waals surface area contributed by atoms with Crippen molar-refractivity contribution in [3.63, 3.8) is 0 Å². The van der Waals surface area contributed by atoms with Crippen LogP contribution in [0.2, 0.25) is 0 Å². The van der Waals surface area contributed by atoms with E-state index in [1.165, 1.54) is 12.1 Å². The van der Waals surface area contributed by atoms with E-state index in [0.29, 0.717) is 24.6 Å². The summed E-state index contributed by atoms with van der Waals surface area (Å²) in [4.78, 5) is 13.5. The van der Waals surface area contributed by atoms with Crippen molar-refractivity contribution < 1.29 is 18.7 Å². The molecule has 0 saturated carbocycles. The van der Waals surface area contributed by atoms with E-state index in [9.17, 15) is 9.18 Å². The Balaban J connectivity index is 0.00000363. The van der Waals surface area contributed by atoms with Crippen LogP contribution >= 0.6 is 12.4 Å². The Hall–Kier alpha value is -3.09. The van der Waals surface area contributed by atoms with Crippen molar-refractivity contribution in [1.29, 1.82) is 0 Å². The van der Waals surface area contributed by atoms with Crippen molar-refractivity contribution in [2.24, 2.45) is 5.73 Å². The second-order valence-electron chi connectivity index (χ2n) is 7.32. The molecule has 1 amide bonds. The molecule has 0 aliphatic carbocycles. The summed E-state index contributed by atoms with van der Waals surface area (Å²) in [5.41, 5.74) is 8.36. The molecule has 2 N–H and O–H groups in total. The Labute approximate surface area is 194 Å². The van der Waals surface area contributed by atoms with Crippen LogP contribution in [0.4, 0.5) is 4.39 Å². The van der Waals surface area contributed by atoms with E-state index in [2.05, 4.69) is 0 Å². The molecule has 0 saturated heterocycles. The van der Waals surface area contributed by atoms with Gasteiger partial charge in [0.2, 0.25) is 5.91 Å². The van der Waals surface area contributed by atoms with Gasteiger partial charge in [0.1, 0.15) is 12.4 Å². The normalized spacial score (nSPS) is 10.5. The zero-order valence-electron chi connectivity index (χ0n) is 18.0. The first-order valence-electron chi connectivity index (χ1n) is 10.1. The number of methoxy groups -OCH3 is 1. The van der Waals surface area contributed by atoms with Crippen molar-refractivity contribution in [3.05, 3.63) is 95.3 Å². The Kier molecular flexibility index (Phi) is 9.98. The summed E-state index contributed by atoms with van der Waals surface area (Å²) in [5.74, 6) is 0.557. The maximum absolute atomic E-state index is 13.3. The standard InChI is InChI=1S/C25H27FN2O3.ClH/c1-30-24-15-19(10-11-23(24)31-18-21-8-5-9-22(26)14-21)12-13-28(17-25(27)29)16-20-6-3-2-4-7-20;/h2-11,14-15H,12-13,16-18H2,1H3,(H2,27,29);1H. The topological polar surface area (TPSA) is 64.8 Å². The van der Waals surface area contributed by atoms with Gasteiger partial charge >= 0.3 is 0 Å². The molecule has 0 aliphatic rings. The van der Waals surface area contributed by atoms with Crippen molar-refractivity contribution >= 4 is 18.3 Å². The highest BCUT2D eigenvalue weighted by molar-refractivity contribution is 5.85. The smallest absolute Gasteiger partial charge is 0.231 e. The van der Waals surface area contributed by atoms with E-state index < -0.39 is 0 Å². The van der Waals surface area contributed by atoms with Gasteiger partial charge in [-0.3, -0.25) is 9.69 Å². The zero-order chi connectivity index (χ0) is 22.1. The van der Waals surface area contributed by atoms with Gasteiger partial charge in [0.25, 0.3) is 0 Å². The number of ether oxygens (including phenoxy) is 2. The van der Waals surface area contributed by atoms with Gasteiger partial charge in [-0.2, -0.15) is 0 Å². The summed E-state index contributed by atoms with van der Waals surface area (Å²) >= 11 is 0.